The van der Waals surface area contributed by atoms with Crippen molar-refractivity contribution in [2.75, 3.05) is 16.8 Å². The summed E-state index contributed by atoms with van der Waals surface area (Å²) in [5.74, 6) is -5.43. The lowest BCUT2D eigenvalue weighted by Gasteiger charge is -2.13. The fourth-order valence-corrected chi connectivity index (χ4v) is 5.98. The van der Waals surface area contributed by atoms with Gasteiger partial charge in [0.1, 0.15) is 0 Å². The second-order valence-corrected chi connectivity index (χ2v) is 10.6. The monoisotopic (exact) mass is 500 g/mol. The Kier molecular flexibility index (Phi) is 5.59. The number of nitrogens with zero attached hydrogens (tertiary/aromatic N) is 3. The van der Waals surface area contributed by atoms with Gasteiger partial charge in [-0.15, -0.1) is 0 Å². The van der Waals surface area contributed by atoms with Crippen LogP contribution in [0.3, 0.4) is 0 Å². The molecular formula is C24H19F3N4O3S. The average molecular weight is 501 g/mol. The van der Waals surface area contributed by atoms with Gasteiger partial charge in [0.05, 0.1) is 45.6 Å². The Bertz CT molecular complexity index is 1590. The van der Waals surface area contributed by atoms with Crippen molar-refractivity contribution < 1.29 is 26.4 Å². The van der Waals surface area contributed by atoms with Crippen LogP contribution in [0.4, 0.5) is 18.9 Å². The highest BCUT2D eigenvalue weighted by molar-refractivity contribution is 7.91. The van der Waals surface area contributed by atoms with Gasteiger partial charge in [0.15, 0.2) is 32.9 Å². The van der Waals surface area contributed by atoms with Gasteiger partial charge >= 0.3 is 0 Å². The van der Waals surface area contributed by atoms with Crippen LogP contribution in [0, 0.1) is 24.4 Å². The number of anilines is 1. The molecule has 0 spiro atoms. The van der Waals surface area contributed by atoms with E-state index in [1.54, 1.807) is 31.2 Å². The molecule has 35 heavy (non-hydrogen) atoms. The van der Waals surface area contributed by atoms with E-state index in [1.165, 1.54) is 10.7 Å². The average Bonchev–Trinajstić information content (AvgIpc) is 3.38. The molecule has 1 amide bonds. The van der Waals surface area contributed by atoms with Gasteiger partial charge in [-0.05, 0) is 31.5 Å². The van der Waals surface area contributed by atoms with E-state index in [-0.39, 0.29) is 17.1 Å². The Morgan fingerprint density at radius 3 is 2.51 bits per heavy atom. The number of carbonyl (C=O) groups is 1. The number of fused-ring (bicyclic) bond motifs is 1. The van der Waals surface area contributed by atoms with Crippen LogP contribution in [-0.2, 0) is 9.84 Å². The molecule has 2 aromatic heterocycles. The van der Waals surface area contributed by atoms with Crippen LogP contribution >= 0.6 is 0 Å². The number of amides is 1. The van der Waals surface area contributed by atoms with E-state index in [2.05, 4.69) is 10.4 Å². The molecular weight excluding hydrogens is 481 g/mol. The van der Waals surface area contributed by atoms with Crippen molar-refractivity contribution >= 4 is 32.5 Å². The van der Waals surface area contributed by atoms with Crippen LogP contribution in [0.5, 0.6) is 0 Å². The van der Waals surface area contributed by atoms with Gasteiger partial charge < -0.3 is 5.32 Å². The lowest BCUT2D eigenvalue weighted by molar-refractivity contribution is 0.102. The number of aromatic nitrogens is 3. The maximum absolute atomic E-state index is 14.2. The highest BCUT2D eigenvalue weighted by atomic mass is 32.2. The molecule has 1 atom stereocenters. The third-order valence-corrected chi connectivity index (χ3v) is 7.74. The zero-order chi connectivity index (χ0) is 24.9. The molecule has 1 unspecified atom stereocenters. The first-order valence-electron chi connectivity index (χ1n) is 10.7. The summed E-state index contributed by atoms with van der Waals surface area (Å²) in [5.41, 5.74) is 1.40. The normalized spacial score (nSPS) is 17.1. The maximum atomic E-state index is 14.2. The first kappa shape index (κ1) is 23.0. The molecule has 1 aliphatic heterocycles. The van der Waals surface area contributed by atoms with Crippen molar-refractivity contribution in [2.24, 2.45) is 0 Å². The minimum Gasteiger partial charge on any atom is -0.319 e. The van der Waals surface area contributed by atoms with Crippen LogP contribution in [0.15, 0.2) is 48.5 Å². The number of benzene rings is 2. The lowest BCUT2D eigenvalue weighted by Crippen LogP contribution is -2.16. The van der Waals surface area contributed by atoms with Gasteiger partial charge in [0, 0.05) is 5.56 Å². The molecule has 0 aliphatic carbocycles. The number of hydrogen-bond donors (Lipinski definition) is 1. The largest absolute Gasteiger partial charge is 0.319 e. The third-order valence-electron chi connectivity index (χ3n) is 5.99. The first-order valence-corrected chi connectivity index (χ1v) is 12.6. The number of carbonyl (C=O) groups excluding carboxylic acids is 1. The summed E-state index contributed by atoms with van der Waals surface area (Å²) in [6, 6.07) is 11.7. The molecule has 4 aromatic rings. The smallest absolute Gasteiger partial charge is 0.256 e. The number of sulfone groups is 1. The topological polar surface area (TPSA) is 93.9 Å². The van der Waals surface area contributed by atoms with E-state index in [4.69, 9.17) is 4.98 Å². The van der Waals surface area contributed by atoms with Crippen LogP contribution in [0.1, 0.15) is 28.5 Å². The van der Waals surface area contributed by atoms with Crippen molar-refractivity contribution in [3.05, 3.63) is 77.2 Å². The maximum Gasteiger partial charge on any atom is 0.256 e. The standard InChI is InChI=1S/C24H19F3N4O3S/c1-13-20-16(24(32)29-18-8-7-17(25)21(26)22(18)27)11-19(14-5-3-2-4-6-14)28-23(20)31(30-13)15-9-10-35(33,34)12-15/h2-8,11,15H,9-10,12H2,1H3,(H,29,32). The molecule has 1 saturated heterocycles. The Morgan fingerprint density at radius 1 is 1.09 bits per heavy atom. The highest BCUT2D eigenvalue weighted by Gasteiger charge is 2.32. The van der Waals surface area contributed by atoms with Gasteiger partial charge in [-0.25, -0.2) is 31.3 Å². The summed E-state index contributed by atoms with van der Waals surface area (Å²) >= 11 is 0. The number of halogens is 3. The second kappa shape index (κ2) is 8.49. The van der Waals surface area contributed by atoms with Crippen molar-refractivity contribution in [2.45, 2.75) is 19.4 Å². The van der Waals surface area contributed by atoms with Gasteiger partial charge in [0.25, 0.3) is 5.91 Å². The minimum atomic E-state index is -3.22. The number of nitrogens with one attached hydrogen (secondary N) is 1. The molecule has 0 bridgehead atoms. The number of hydrogen-bond acceptors (Lipinski definition) is 5. The van der Waals surface area contributed by atoms with E-state index >= 15 is 0 Å². The van der Waals surface area contributed by atoms with Crippen LogP contribution in [0.25, 0.3) is 22.3 Å². The summed E-state index contributed by atoms with van der Waals surface area (Å²) in [7, 11) is -3.22. The summed E-state index contributed by atoms with van der Waals surface area (Å²) in [4.78, 5) is 18.0. The predicted octanol–water partition coefficient (Wildman–Crippen LogP) is 4.44. The molecule has 1 N–H and O–H groups in total. The molecule has 180 valence electrons. The third kappa shape index (κ3) is 4.16. The predicted molar refractivity (Wildman–Crippen MR) is 124 cm³/mol. The quantitative estimate of drug-likeness (QED) is 0.419. The van der Waals surface area contributed by atoms with Crippen LogP contribution in [0.2, 0.25) is 0 Å². The van der Waals surface area contributed by atoms with Gasteiger partial charge in [-0.2, -0.15) is 5.10 Å². The Labute approximate surface area is 198 Å². The van der Waals surface area contributed by atoms with E-state index in [0.717, 1.165) is 12.1 Å². The summed E-state index contributed by atoms with van der Waals surface area (Å²) in [6.45, 7) is 1.65. The van der Waals surface area contributed by atoms with E-state index < -0.39 is 44.9 Å². The van der Waals surface area contributed by atoms with Crippen molar-refractivity contribution in [3.63, 3.8) is 0 Å². The summed E-state index contributed by atoms with van der Waals surface area (Å²) in [5, 5.41) is 7.15. The zero-order valence-electron chi connectivity index (χ0n) is 18.4. The van der Waals surface area contributed by atoms with Crippen molar-refractivity contribution in [3.8, 4) is 11.3 Å². The van der Waals surface area contributed by atoms with Gasteiger partial charge in [0.2, 0.25) is 0 Å². The van der Waals surface area contributed by atoms with Crippen molar-refractivity contribution in [1.82, 2.24) is 14.8 Å². The molecule has 11 heteroatoms. The summed E-state index contributed by atoms with van der Waals surface area (Å²) in [6.07, 6.45) is 0.359. The fourth-order valence-electron chi connectivity index (χ4n) is 4.28. The summed E-state index contributed by atoms with van der Waals surface area (Å²) < 4.78 is 67.0. The number of aryl methyl sites for hydroxylation is 1. The van der Waals surface area contributed by atoms with E-state index in [1.807, 2.05) is 6.07 Å². The molecule has 0 radical (unpaired) electrons. The SMILES string of the molecule is Cc1nn(C2CCS(=O)(=O)C2)c2nc(-c3ccccc3)cc(C(=O)Nc3ccc(F)c(F)c3F)c12. The number of pyridine rings is 1. The van der Waals surface area contributed by atoms with E-state index in [0.29, 0.717) is 34.4 Å². The Hall–Kier alpha value is -3.73. The zero-order valence-corrected chi connectivity index (χ0v) is 19.2. The highest BCUT2D eigenvalue weighted by Crippen LogP contribution is 2.32. The number of rotatable bonds is 4. The van der Waals surface area contributed by atoms with Gasteiger partial charge in [-0.1, -0.05) is 30.3 Å². The van der Waals surface area contributed by atoms with Crippen LogP contribution < -0.4 is 5.32 Å². The minimum absolute atomic E-state index is 0.0270. The Morgan fingerprint density at radius 2 is 1.83 bits per heavy atom. The Balaban J connectivity index is 1.68. The first-order chi connectivity index (χ1) is 16.6. The molecule has 0 saturated carbocycles. The van der Waals surface area contributed by atoms with Gasteiger partial charge in [-0.3, -0.25) is 4.79 Å². The van der Waals surface area contributed by atoms with E-state index in [9.17, 15) is 26.4 Å². The molecule has 5 rings (SSSR count). The molecule has 2 aromatic carbocycles. The second-order valence-electron chi connectivity index (χ2n) is 8.38. The fraction of sp³-hybridized carbons (Fsp3) is 0.208. The van der Waals surface area contributed by atoms with Crippen LogP contribution in [-0.4, -0.2) is 40.6 Å². The molecule has 3 heterocycles. The molecule has 1 fully saturated rings. The molecule has 7 nitrogen and oxygen atoms in total. The molecule has 1 aliphatic rings. The lowest BCUT2D eigenvalue weighted by atomic mass is 10.0. The van der Waals surface area contributed by atoms with Crippen molar-refractivity contribution in [1.29, 1.82) is 0 Å².